The first-order valence-electron chi connectivity index (χ1n) is 7.63. The van der Waals surface area contributed by atoms with E-state index in [2.05, 4.69) is 37.2 Å². The van der Waals surface area contributed by atoms with Crippen molar-refractivity contribution in [1.82, 2.24) is 4.90 Å². The summed E-state index contributed by atoms with van der Waals surface area (Å²) >= 11 is 0. The average molecular weight is 274 g/mol. The van der Waals surface area contributed by atoms with Crippen LogP contribution in [0.2, 0.25) is 0 Å². The van der Waals surface area contributed by atoms with Gasteiger partial charge in [-0.1, -0.05) is 32.0 Å². The second-order valence-electron chi connectivity index (χ2n) is 6.24. The van der Waals surface area contributed by atoms with Gasteiger partial charge in [0.05, 0.1) is 0 Å². The highest BCUT2D eigenvalue weighted by Crippen LogP contribution is 2.25. The molecule has 0 saturated carbocycles. The highest BCUT2D eigenvalue weighted by atomic mass is 16.1. The average Bonchev–Trinajstić information content (AvgIpc) is 2.41. The number of rotatable bonds is 4. The standard InChI is InChI=1S/C17H26N2O/c1-13(2)15-6-4-5-7-16(15)18-17(20)12-14-8-10-19(3)11-9-14/h4-7,13-14H,8-12H2,1-3H3,(H,18,20). The fourth-order valence-corrected chi connectivity index (χ4v) is 2.84. The summed E-state index contributed by atoms with van der Waals surface area (Å²) in [5, 5.41) is 3.10. The number of hydrogen-bond donors (Lipinski definition) is 1. The molecule has 0 unspecified atom stereocenters. The fourth-order valence-electron chi connectivity index (χ4n) is 2.84. The predicted octanol–water partition coefficient (Wildman–Crippen LogP) is 3.48. The Labute approximate surface area is 122 Å². The summed E-state index contributed by atoms with van der Waals surface area (Å²) in [5.41, 5.74) is 2.18. The Morgan fingerprint density at radius 1 is 1.30 bits per heavy atom. The van der Waals surface area contributed by atoms with Crippen molar-refractivity contribution in [1.29, 1.82) is 0 Å². The van der Waals surface area contributed by atoms with Gasteiger partial charge in [-0.2, -0.15) is 0 Å². The highest BCUT2D eigenvalue weighted by Gasteiger charge is 2.20. The molecular formula is C17H26N2O. The Kier molecular flexibility index (Phi) is 5.18. The summed E-state index contributed by atoms with van der Waals surface area (Å²) in [6, 6.07) is 8.11. The maximum atomic E-state index is 12.2. The van der Waals surface area contributed by atoms with E-state index in [9.17, 15) is 4.79 Å². The zero-order valence-electron chi connectivity index (χ0n) is 12.9. The van der Waals surface area contributed by atoms with Crippen LogP contribution in [0.15, 0.2) is 24.3 Å². The Balaban J connectivity index is 1.91. The fraction of sp³-hybridized carbons (Fsp3) is 0.588. The molecule has 1 aliphatic heterocycles. The van der Waals surface area contributed by atoms with Gasteiger partial charge in [-0.3, -0.25) is 4.79 Å². The summed E-state index contributed by atoms with van der Waals surface area (Å²) in [6.45, 7) is 6.53. The molecule has 1 aliphatic rings. The van der Waals surface area contributed by atoms with Gasteiger partial charge < -0.3 is 10.2 Å². The van der Waals surface area contributed by atoms with Crippen LogP contribution in [0.5, 0.6) is 0 Å². The molecule has 1 amide bonds. The topological polar surface area (TPSA) is 32.3 Å². The van der Waals surface area contributed by atoms with Crippen molar-refractivity contribution in [2.24, 2.45) is 5.92 Å². The van der Waals surface area contributed by atoms with Crippen molar-refractivity contribution in [2.75, 3.05) is 25.5 Å². The van der Waals surface area contributed by atoms with Gasteiger partial charge in [-0.25, -0.2) is 0 Å². The minimum absolute atomic E-state index is 0.160. The summed E-state index contributed by atoms with van der Waals surface area (Å²) in [7, 11) is 2.15. The molecule has 0 bridgehead atoms. The number of carbonyl (C=O) groups excluding carboxylic acids is 1. The molecule has 0 atom stereocenters. The Hall–Kier alpha value is -1.35. The van der Waals surface area contributed by atoms with Gasteiger partial charge in [0, 0.05) is 12.1 Å². The van der Waals surface area contributed by atoms with E-state index >= 15 is 0 Å². The first-order valence-corrected chi connectivity index (χ1v) is 7.63. The minimum atomic E-state index is 0.160. The molecule has 0 aliphatic carbocycles. The molecular weight excluding hydrogens is 248 g/mol. The van der Waals surface area contributed by atoms with E-state index in [0.29, 0.717) is 18.3 Å². The normalized spacial score (nSPS) is 17.4. The van der Waals surface area contributed by atoms with E-state index in [1.54, 1.807) is 0 Å². The Morgan fingerprint density at radius 3 is 2.60 bits per heavy atom. The van der Waals surface area contributed by atoms with Crippen molar-refractivity contribution in [2.45, 2.75) is 39.0 Å². The molecule has 20 heavy (non-hydrogen) atoms. The largest absolute Gasteiger partial charge is 0.326 e. The van der Waals surface area contributed by atoms with Crippen molar-refractivity contribution in [3.63, 3.8) is 0 Å². The van der Waals surface area contributed by atoms with Crippen molar-refractivity contribution < 1.29 is 4.79 Å². The minimum Gasteiger partial charge on any atom is -0.326 e. The van der Waals surface area contributed by atoms with Crippen LogP contribution in [0.4, 0.5) is 5.69 Å². The Bertz CT molecular complexity index is 448. The van der Waals surface area contributed by atoms with Crippen LogP contribution in [0.1, 0.15) is 44.6 Å². The Morgan fingerprint density at radius 2 is 1.95 bits per heavy atom. The summed E-state index contributed by atoms with van der Waals surface area (Å²) < 4.78 is 0. The number of anilines is 1. The molecule has 0 spiro atoms. The quantitative estimate of drug-likeness (QED) is 0.911. The van der Waals surface area contributed by atoms with Gasteiger partial charge >= 0.3 is 0 Å². The number of nitrogens with zero attached hydrogens (tertiary/aromatic N) is 1. The van der Waals surface area contributed by atoms with Crippen LogP contribution in [0.3, 0.4) is 0 Å². The van der Waals surface area contributed by atoms with Gasteiger partial charge in [-0.05, 0) is 56.4 Å². The summed E-state index contributed by atoms with van der Waals surface area (Å²) in [6.07, 6.45) is 2.92. The number of likely N-dealkylation sites (tertiary alicyclic amines) is 1. The van der Waals surface area contributed by atoms with Crippen LogP contribution in [0.25, 0.3) is 0 Å². The van der Waals surface area contributed by atoms with E-state index in [0.717, 1.165) is 31.6 Å². The lowest BCUT2D eigenvalue weighted by molar-refractivity contribution is -0.117. The van der Waals surface area contributed by atoms with E-state index < -0.39 is 0 Å². The SMILES string of the molecule is CC(C)c1ccccc1NC(=O)CC1CCN(C)CC1. The summed E-state index contributed by atoms with van der Waals surface area (Å²) in [4.78, 5) is 14.5. The molecule has 0 radical (unpaired) electrons. The van der Waals surface area contributed by atoms with Crippen LogP contribution >= 0.6 is 0 Å². The number of hydrogen-bond acceptors (Lipinski definition) is 2. The van der Waals surface area contributed by atoms with Gasteiger partial charge in [0.15, 0.2) is 0 Å². The van der Waals surface area contributed by atoms with E-state index in [1.807, 2.05) is 18.2 Å². The smallest absolute Gasteiger partial charge is 0.224 e. The number of para-hydroxylation sites is 1. The third-order valence-electron chi connectivity index (χ3n) is 4.17. The number of carbonyl (C=O) groups is 1. The molecule has 3 nitrogen and oxygen atoms in total. The highest BCUT2D eigenvalue weighted by molar-refractivity contribution is 5.91. The van der Waals surface area contributed by atoms with Crippen LogP contribution in [0, 0.1) is 5.92 Å². The molecule has 1 saturated heterocycles. The van der Waals surface area contributed by atoms with Gasteiger partial charge in [0.2, 0.25) is 5.91 Å². The molecule has 1 aromatic rings. The number of benzene rings is 1. The van der Waals surface area contributed by atoms with Crippen LogP contribution < -0.4 is 5.32 Å². The second kappa shape index (κ2) is 6.89. The number of nitrogens with one attached hydrogen (secondary N) is 1. The lowest BCUT2D eigenvalue weighted by Crippen LogP contribution is -2.32. The molecule has 3 heteroatoms. The van der Waals surface area contributed by atoms with Crippen LogP contribution in [-0.2, 0) is 4.79 Å². The predicted molar refractivity (Wildman–Crippen MR) is 84.0 cm³/mol. The third kappa shape index (κ3) is 4.07. The second-order valence-corrected chi connectivity index (χ2v) is 6.24. The lowest BCUT2D eigenvalue weighted by atomic mass is 9.93. The van der Waals surface area contributed by atoms with Crippen molar-refractivity contribution in [3.8, 4) is 0 Å². The molecule has 1 N–H and O–H groups in total. The molecule has 110 valence electrons. The van der Waals surface area contributed by atoms with Gasteiger partial charge in [-0.15, -0.1) is 0 Å². The monoisotopic (exact) mass is 274 g/mol. The van der Waals surface area contributed by atoms with E-state index in [4.69, 9.17) is 0 Å². The zero-order valence-corrected chi connectivity index (χ0v) is 12.9. The van der Waals surface area contributed by atoms with Crippen molar-refractivity contribution >= 4 is 11.6 Å². The number of piperidine rings is 1. The van der Waals surface area contributed by atoms with Crippen LogP contribution in [-0.4, -0.2) is 30.9 Å². The first-order chi connectivity index (χ1) is 9.56. The molecule has 2 rings (SSSR count). The van der Waals surface area contributed by atoms with Gasteiger partial charge in [0.25, 0.3) is 0 Å². The zero-order chi connectivity index (χ0) is 14.5. The molecule has 1 aromatic carbocycles. The first kappa shape index (κ1) is 15.0. The maximum Gasteiger partial charge on any atom is 0.224 e. The molecule has 1 fully saturated rings. The van der Waals surface area contributed by atoms with E-state index in [1.165, 1.54) is 5.56 Å². The lowest BCUT2D eigenvalue weighted by Gasteiger charge is -2.28. The van der Waals surface area contributed by atoms with Crippen molar-refractivity contribution in [3.05, 3.63) is 29.8 Å². The molecule has 1 heterocycles. The molecule has 0 aromatic heterocycles. The maximum absolute atomic E-state index is 12.2. The summed E-state index contributed by atoms with van der Waals surface area (Å²) in [5.74, 6) is 1.12. The number of amides is 1. The third-order valence-corrected chi connectivity index (χ3v) is 4.17. The van der Waals surface area contributed by atoms with E-state index in [-0.39, 0.29) is 5.91 Å². The van der Waals surface area contributed by atoms with Gasteiger partial charge in [0.1, 0.15) is 0 Å².